The molecule has 0 unspecified atom stereocenters. The summed E-state index contributed by atoms with van der Waals surface area (Å²) in [5.41, 5.74) is -0.820. The lowest BCUT2D eigenvalue weighted by Crippen LogP contribution is -2.39. The standard InChI is InChI=1S/C11H20N2OS/c1-4-11(5-2,9-12)10(14)13-7-6-8-15-3/h4-8H2,1-3H3,(H,13,14). The zero-order valence-corrected chi connectivity index (χ0v) is 10.6. The first-order chi connectivity index (χ1) is 7.16. The smallest absolute Gasteiger partial charge is 0.240 e. The van der Waals surface area contributed by atoms with Gasteiger partial charge in [0.1, 0.15) is 5.41 Å². The van der Waals surface area contributed by atoms with Crippen LogP contribution in [0.5, 0.6) is 0 Å². The Kier molecular flexibility index (Phi) is 7.23. The molecule has 15 heavy (non-hydrogen) atoms. The minimum Gasteiger partial charge on any atom is -0.355 e. The minimum absolute atomic E-state index is 0.115. The van der Waals surface area contributed by atoms with E-state index in [0.717, 1.165) is 12.2 Å². The molecule has 0 aliphatic carbocycles. The first-order valence-electron chi connectivity index (χ1n) is 5.35. The molecule has 0 aliphatic heterocycles. The van der Waals surface area contributed by atoms with E-state index in [9.17, 15) is 4.79 Å². The van der Waals surface area contributed by atoms with E-state index in [2.05, 4.69) is 11.4 Å². The third-order valence-corrected chi connectivity index (χ3v) is 3.36. The first-order valence-corrected chi connectivity index (χ1v) is 6.74. The van der Waals surface area contributed by atoms with E-state index in [1.54, 1.807) is 11.8 Å². The quantitative estimate of drug-likeness (QED) is 0.680. The van der Waals surface area contributed by atoms with Crippen LogP contribution >= 0.6 is 11.8 Å². The number of nitriles is 1. The van der Waals surface area contributed by atoms with Crippen LogP contribution in [0, 0.1) is 16.7 Å². The lowest BCUT2D eigenvalue weighted by atomic mass is 9.83. The zero-order valence-electron chi connectivity index (χ0n) is 9.80. The lowest BCUT2D eigenvalue weighted by molar-refractivity contribution is -0.128. The Hall–Kier alpha value is -0.690. The first kappa shape index (κ1) is 14.3. The van der Waals surface area contributed by atoms with Crippen LogP contribution in [0.4, 0.5) is 0 Å². The van der Waals surface area contributed by atoms with Crippen molar-refractivity contribution in [3.8, 4) is 6.07 Å². The van der Waals surface area contributed by atoms with Crippen molar-refractivity contribution in [3.05, 3.63) is 0 Å². The molecule has 0 heterocycles. The van der Waals surface area contributed by atoms with E-state index >= 15 is 0 Å². The highest BCUT2D eigenvalue weighted by Gasteiger charge is 2.34. The minimum atomic E-state index is -0.820. The molecule has 0 rings (SSSR count). The molecule has 1 N–H and O–H groups in total. The average Bonchev–Trinajstić information content (AvgIpc) is 2.28. The van der Waals surface area contributed by atoms with Gasteiger partial charge in [0.05, 0.1) is 6.07 Å². The fraction of sp³-hybridized carbons (Fsp3) is 0.818. The summed E-state index contributed by atoms with van der Waals surface area (Å²) in [6, 6.07) is 2.14. The number of hydrogen-bond donors (Lipinski definition) is 1. The van der Waals surface area contributed by atoms with E-state index in [1.165, 1.54) is 0 Å². The normalized spacial score (nSPS) is 10.8. The van der Waals surface area contributed by atoms with E-state index < -0.39 is 5.41 Å². The van der Waals surface area contributed by atoms with E-state index in [-0.39, 0.29) is 5.91 Å². The Labute approximate surface area is 96.6 Å². The Morgan fingerprint density at radius 2 is 2.07 bits per heavy atom. The van der Waals surface area contributed by atoms with Crippen LogP contribution in [0.25, 0.3) is 0 Å². The van der Waals surface area contributed by atoms with Gasteiger partial charge in [-0.15, -0.1) is 0 Å². The third kappa shape index (κ3) is 4.13. The number of nitrogens with one attached hydrogen (secondary N) is 1. The molecule has 86 valence electrons. The van der Waals surface area contributed by atoms with Crippen LogP contribution in [0.15, 0.2) is 0 Å². The molecule has 0 fully saturated rings. The van der Waals surface area contributed by atoms with Crippen molar-refractivity contribution in [1.82, 2.24) is 5.32 Å². The molecule has 0 saturated carbocycles. The van der Waals surface area contributed by atoms with Gasteiger partial charge in [-0.05, 0) is 31.3 Å². The Morgan fingerprint density at radius 1 is 1.47 bits per heavy atom. The summed E-state index contributed by atoms with van der Waals surface area (Å²) in [6.45, 7) is 4.44. The van der Waals surface area contributed by atoms with E-state index in [1.807, 2.05) is 20.1 Å². The second-order valence-electron chi connectivity index (χ2n) is 3.50. The van der Waals surface area contributed by atoms with Crippen molar-refractivity contribution in [2.75, 3.05) is 18.6 Å². The zero-order chi connectivity index (χ0) is 11.7. The maximum Gasteiger partial charge on any atom is 0.240 e. The highest BCUT2D eigenvalue weighted by molar-refractivity contribution is 7.98. The molecular weight excluding hydrogens is 208 g/mol. The number of nitrogens with zero attached hydrogens (tertiary/aromatic N) is 1. The molecule has 0 aromatic heterocycles. The molecule has 0 radical (unpaired) electrons. The molecular formula is C11H20N2OS. The molecule has 4 heteroatoms. The van der Waals surface area contributed by atoms with Crippen molar-refractivity contribution in [2.45, 2.75) is 33.1 Å². The van der Waals surface area contributed by atoms with Crippen LogP contribution in [-0.4, -0.2) is 24.5 Å². The Balaban J connectivity index is 4.11. The predicted octanol–water partition coefficient (Wildman–Crippen LogP) is 2.19. The summed E-state index contributed by atoms with van der Waals surface area (Å²) in [4.78, 5) is 11.8. The fourth-order valence-electron chi connectivity index (χ4n) is 1.37. The predicted molar refractivity (Wildman–Crippen MR) is 64.6 cm³/mol. The van der Waals surface area contributed by atoms with Crippen LogP contribution in [0.1, 0.15) is 33.1 Å². The molecule has 0 saturated heterocycles. The Morgan fingerprint density at radius 3 is 2.47 bits per heavy atom. The molecule has 1 amide bonds. The molecule has 3 nitrogen and oxygen atoms in total. The second-order valence-corrected chi connectivity index (χ2v) is 4.49. The summed E-state index contributed by atoms with van der Waals surface area (Å²) in [5.74, 6) is 0.925. The van der Waals surface area contributed by atoms with Gasteiger partial charge < -0.3 is 5.32 Å². The number of rotatable bonds is 7. The van der Waals surface area contributed by atoms with Gasteiger partial charge in [0.15, 0.2) is 0 Å². The molecule has 0 aromatic carbocycles. The molecule has 0 aromatic rings. The van der Waals surface area contributed by atoms with Crippen LogP contribution in [0.3, 0.4) is 0 Å². The highest BCUT2D eigenvalue weighted by Crippen LogP contribution is 2.25. The van der Waals surface area contributed by atoms with Gasteiger partial charge in [-0.1, -0.05) is 13.8 Å². The molecule has 0 atom stereocenters. The molecule has 0 spiro atoms. The highest BCUT2D eigenvalue weighted by atomic mass is 32.2. The summed E-state index contributed by atoms with van der Waals surface area (Å²) in [7, 11) is 0. The number of hydrogen-bond acceptors (Lipinski definition) is 3. The van der Waals surface area contributed by atoms with Crippen molar-refractivity contribution in [1.29, 1.82) is 5.26 Å². The second kappa shape index (κ2) is 7.58. The van der Waals surface area contributed by atoms with Gasteiger partial charge in [-0.2, -0.15) is 17.0 Å². The van der Waals surface area contributed by atoms with Crippen molar-refractivity contribution >= 4 is 17.7 Å². The maximum atomic E-state index is 11.8. The maximum absolute atomic E-state index is 11.8. The number of thioether (sulfide) groups is 1. The lowest BCUT2D eigenvalue weighted by Gasteiger charge is -2.21. The summed E-state index contributed by atoms with van der Waals surface area (Å²) < 4.78 is 0. The fourth-order valence-corrected chi connectivity index (χ4v) is 1.80. The Bertz CT molecular complexity index is 231. The van der Waals surface area contributed by atoms with Gasteiger partial charge in [0.25, 0.3) is 0 Å². The van der Waals surface area contributed by atoms with Crippen molar-refractivity contribution in [3.63, 3.8) is 0 Å². The number of amides is 1. The van der Waals surface area contributed by atoms with E-state index in [4.69, 9.17) is 5.26 Å². The van der Waals surface area contributed by atoms with Gasteiger partial charge in [0, 0.05) is 6.54 Å². The summed E-state index contributed by atoms with van der Waals surface area (Å²) >= 11 is 1.76. The van der Waals surface area contributed by atoms with Crippen LogP contribution in [0.2, 0.25) is 0 Å². The number of carbonyl (C=O) groups excluding carboxylic acids is 1. The third-order valence-electron chi connectivity index (χ3n) is 2.67. The van der Waals surface area contributed by atoms with E-state index in [0.29, 0.717) is 19.4 Å². The average molecular weight is 228 g/mol. The van der Waals surface area contributed by atoms with Gasteiger partial charge in [0.2, 0.25) is 5.91 Å². The monoisotopic (exact) mass is 228 g/mol. The van der Waals surface area contributed by atoms with Crippen molar-refractivity contribution in [2.24, 2.45) is 5.41 Å². The van der Waals surface area contributed by atoms with Crippen LogP contribution in [-0.2, 0) is 4.79 Å². The summed E-state index contributed by atoms with van der Waals surface area (Å²) in [6.07, 6.45) is 4.16. The van der Waals surface area contributed by atoms with Gasteiger partial charge in [-0.3, -0.25) is 4.79 Å². The topological polar surface area (TPSA) is 52.9 Å². The summed E-state index contributed by atoms with van der Waals surface area (Å²) in [5, 5.41) is 11.9. The van der Waals surface area contributed by atoms with Crippen molar-refractivity contribution < 1.29 is 4.79 Å². The molecule has 0 bridgehead atoms. The van der Waals surface area contributed by atoms with Crippen LogP contribution < -0.4 is 5.32 Å². The number of carbonyl (C=O) groups is 1. The largest absolute Gasteiger partial charge is 0.355 e. The van der Waals surface area contributed by atoms with Gasteiger partial charge >= 0.3 is 0 Å². The molecule has 0 aliphatic rings. The SMILES string of the molecule is CCC(C#N)(CC)C(=O)NCCCSC. The van der Waals surface area contributed by atoms with Gasteiger partial charge in [-0.25, -0.2) is 0 Å².